The van der Waals surface area contributed by atoms with E-state index < -0.39 is 8.56 Å². The zero-order valence-corrected chi connectivity index (χ0v) is 26.2. The third-order valence-corrected chi connectivity index (χ3v) is 13.7. The monoisotopic (exact) mass is 501 g/mol. The maximum atomic E-state index is 6.48. The fourth-order valence-electron chi connectivity index (χ4n) is 4.80. The van der Waals surface area contributed by atoms with E-state index in [1.165, 1.54) is 37.5 Å². The Balaban J connectivity index is 4.04. The topological polar surface area (TPSA) is 42.5 Å². The van der Waals surface area contributed by atoms with Crippen LogP contribution in [0.4, 0.5) is 0 Å². The average molecular weight is 502 g/mol. The van der Waals surface area contributed by atoms with Crippen molar-refractivity contribution in [3.8, 4) is 0 Å². The highest BCUT2D eigenvalue weighted by Gasteiger charge is 2.39. The average Bonchev–Trinajstić information content (AvgIpc) is 2.63. The van der Waals surface area contributed by atoms with Gasteiger partial charge in [0, 0.05) is 21.0 Å². The third-order valence-electron chi connectivity index (χ3n) is 5.52. The summed E-state index contributed by atoms with van der Waals surface area (Å²) in [6.45, 7) is 27.2. The van der Waals surface area contributed by atoms with Gasteiger partial charge in [-0.3, -0.25) is 0 Å². The van der Waals surface area contributed by atoms with E-state index in [0.29, 0.717) is 5.92 Å². The van der Waals surface area contributed by atoms with Gasteiger partial charge in [-0.05, 0) is 103 Å². The van der Waals surface area contributed by atoms with Crippen LogP contribution in [-0.2, 0) is 8.85 Å². The Morgan fingerprint density at radius 2 is 1.06 bits per heavy atom. The second-order valence-corrected chi connectivity index (χ2v) is 17.9. The maximum Gasteiger partial charge on any atom is 0.338 e. The fourth-order valence-corrected chi connectivity index (χ4v) is 12.7. The molecule has 0 amide bonds. The van der Waals surface area contributed by atoms with E-state index in [-0.39, 0.29) is 21.0 Å². The van der Waals surface area contributed by atoms with Gasteiger partial charge in [0.2, 0.25) is 0 Å². The van der Waals surface area contributed by atoms with Crippen LogP contribution in [0, 0.1) is 17.8 Å². The first-order valence-electron chi connectivity index (χ1n) is 14.1. The lowest BCUT2D eigenvalue weighted by molar-refractivity contribution is 0.101. The van der Waals surface area contributed by atoms with Crippen LogP contribution in [-0.4, -0.2) is 55.7 Å². The van der Waals surface area contributed by atoms with Crippen LogP contribution in [0.25, 0.3) is 0 Å². The molecule has 0 aromatic heterocycles. The molecule has 0 heterocycles. The predicted molar refractivity (Wildman–Crippen MR) is 152 cm³/mol. The van der Waals surface area contributed by atoms with Gasteiger partial charge in [-0.15, -0.1) is 0 Å². The molecule has 0 bridgehead atoms. The standard InChI is InChI=1S/C27H61N2O2Si2/c1-23(2)20-32(21-24(3)4)18-12-16-28-14-11-15-29-17-13-19-33(22-25(5)6,30-26(7)8)31-27(9)10/h23-29H,11-22H2,1-10H3. The van der Waals surface area contributed by atoms with Gasteiger partial charge >= 0.3 is 8.56 Å². The molecule has 0 unspecified atom stereocenters. The first-order valence-corrected chi connectivity index (χ1v) is 18.4. The molecule has 0 aliphatic heterocycles. The Morgan fingerprint density at radius 1 is 0.606 bits per heavy atom. The van der Waals surface area contributed by atoms with E-state index in [4.69, 9.17) is 8.85 Å². The van der Waals surface area contributed by atoms with Gasteiger partial charge in [-0.1, -0.05) is 59.7 Å². The largest absolute Gasteiger partial charge is 0.392 e. The molecule has 0 aromatic carbocycles. The molecule has 0 spiro atoms. The summed E-state index contributed by atoms with van der Waals surface area (Å²) in [5.41, 5.74) is 0. The van der Waals surface area contributed by atoms with Gasteiger partial charge in [0.15, 0.2) is 0 Å². The minimum atomic E-state index is -2.16. The summed E-state index contributed by atoms with van der Waals surface area (Å²) in [4.78, 5) is 0. The Kier molecular flexibility index (Phi) is 19.6. The van der Waals surface area contributed by atoms with Crippen LogP contribution in [0.1, 0.15) is 88.5 Å². The molecule has 0 fully saturated rings. The molecule has 0 saturated heterocycles. The van der Waals surface area contributed by atoms with Gasteiger partial charge < -0.3 is 19.5 Å². The lowest BCUT2D eigenvalue weighted by Gasteiger charge is -2.35. The van der Waals surface area contributed by atoms with Crippen LogP contribution < -0.4 is 10.6 Å². The third kappa shape index (κ3) is 20.2. The molecule has 1 radical (unpaired) electrons. The van der Waals surface area contributed by atoms with Gasteiger partial charge in [-0.2, -0.15) is 0 Å². The number of nitrogens with one attached hydrogen (secondary N) is 2. The summed E-state index contributed by atoms with van der Waals surface area (Å²) in [5, 5.41) is 7.32. The molecule has 2 N–H and O–H groups in total. The second-order valence-electron chi connectivity index (χ2n) is 11.8. The Hall–Kier alpha value is 0.274. The predicted octanol–water partition coefficient (Wildman–Crippen LogP) is 7.09. The van der Waals surface area contributed by atoms with Crippen molar-refractivity contribution in [2.24, 2.45) is 17.8 Å². The molecular weight excluding hydrogens is 440 g/mol. The normalized spacial score (nSPS) is 13.1. The van der Waals surface area contributed by atoms with Gasteiger partial charge in [-0.25, -0.2) is 0 Å². The molecule has 0 aliphatic rings. The van der Waals surface area contributed by atoms with Crippen molar-refractivity contribution in [2.75, 3.05) is 26.2 Å². The van der Waals surface area contributed by atoms with Gasteiger partial charge in [0.1, 0.15) is 0 Å². The summed E-state index contributed by atoms with van der Waals surface area (Å²) < 4.78 is 13.0. The van der Waals surface area contributed by atoms with E-state index in [1.54, 1.807) is 0 Å². The van der Waals surface area contributed by atoms with Gasteiger partial charge in [0.05, 0.1) is 0 Å². The van der Waals surface area contributed by atoms with Crippen LogP contribution in [0.5, 0.6) is 0 Å². The molecule has 0 aromatic rings. The van der Waals surface area contributed by atoms with Crippen molar-refractivity contribution in [2.45, 2.75) is 131 Å². The highest BCUT2D eigenvalue weighted by atomic mass is 28.4. The smallest absolute Gasteiger partial charge is 0.338 e. The molecule has 0 saturated carbocycles. The lowest BCUT2D eigenvalue weighted by atomic mass is 10.3. The Morgan fingerprint density at radius 3 is 1.48 bits per heavy atom. The quantitative estimate of drug-likeness (QED) is 0.123. The van der Waals surface area contributed by atoms with Crippen molar-refractivity contribution in [1.29, 1.82) is 0 Å². The van der Waals surface area contributed by atoms with E-state index in [0.717, 1.165) is 50.0 Å². The van der Waals surface area contributed by atoms with Crippen LogP contribution in [0.2, 0.25) is 30.2 Å². The van der Waals surface area contributed by atoms with Crippen molar-refractivity contribution in [1.82, 2.24) is 10.6 Å². The van der Waals surface area contributed by atoms with Crippen LogP contribution in [0.3, 0.4) is 0 Å². The SMILES string of the molecule is CC(C)C[Si](CCCNCCCNCCC[Si](CC(C)C)(OC(C)C)OC(C)C)CC(C)C. The molecule has 0 rings (SSSR count). The molecule has 0 atom stereocenters. The van der Waals surface area contributed by atoms with E-state index in [9.17, 15) is 0 Å². The van der Waals surface area contributed by atoms with E-state index in [1.807, 2.05) is 0 Å². The first kappa shape index (κ1) is 33.3. The molecule has 199 valence electrons. The molecule has 0 aliphatic carbocycles. The molecule has 6 heteroatoms. The maximum absolute atomic E-state index is 6.48. The number of rotatable bonds is 22. The Bertz CT molecular complexity index is 409. The number of hydrogen-bond donors (Lipinski definition) is 2. The lowest BCUT2D eigenvalue weighted by Crippen LogP contribution is -2.47. The summed E-state index contributed by atoms with van der Waals surface area (Å²) in [7, 11) is -2.31. The fraction of sp³-hybridized carbons (Fsp3) is 1.00. The van der Waals surface area contributed by atoms with Crippen LogP contribution in [0.15, 0.2) is 0 Å². The zero-order chi connectivity index (χ0) is 25.3. The zero-order valence-electron chi connectivity index (χ0n) is 24.2. The van der Waals surface area contributed by atoms with Gasteiger partial charge in [0.25, 0.3) is 0 Å². The second kappa shape index (κ2) is 19.5. The first-order chi connectivity index (χ1) is 15.5. The van der Waals surface area contributed by atoms with Crippen LogP contribution >= 0.6 is 0 Å². The highest BCUT2D eigenvalue weighted by Crippen LogP contribution is 2.28. The van der Waals surface area contributed by atoms with E-state index in [2.05, 4.69) is 79.9 Å². The van der Waals surface area contributed by atoms with Crippen molar-refractivity contribution in [3.63, 3.8) is 0 Å². The number of hydrogen-bond acceptors (Lipinski definition) is 4. The summed E-state index contributed by atoms with van der Waals surface area (Å²) in [6.07, 6.45) is 4.18. The Labute approximate surface area is 211 Å². The van der Waals surface area contributed by atoms with Crippen molar-refractivity contribution in [3.05, 3.63) is 0 Å². The van der Waals surface area contributed by atoms with Crippen molar-refractivity contribution < 1.29 is 8.85 Å². The molecular formula is C27H61N2O2Si2. The highest BCUT2D eigenvalue weighted by molar-refractivity contribution is 6.67. The summed E-state index contributed by atoms with van der Waals surface area (Å²) >= 11 is 0. The minimum Gasteiger partial charge on any atom is -0.392 e. The van der Waals surface area contributed by atoms with E-state index >= 15 is 0 Å². The summed E-state index contributed by atoms with van der Waals surface area (Å²) in [5.74, 6) is 2.34. The molecule has 33 heavy (non-hydrogen) atoms. The summed E-state index contributed by atoms with van der Waals surface area (Å²) in [6, 6.07) is 6.62. The minimum absolute atomic E-state index is 0.155. The molecule has 4 nitrogen and oxygen atoms in total. The van der Waals surface area contributed by atoms with Crippen molar-refractivity contribution >= 4 is 17.4 Å².